The van der Waals surface area contributed by atoms with E-state index in [1.54, 1.807) is 0 Å². The zero-order valence-electron chi connectivity index (χ0n) is 4.89. The van der Waals surface area contributed by atoms with Crippen LogP contribution in [0.15, 0.2) is 27.7 Å². The lowest BCUT2D eigenvalue weighted by atomic mass is 10.5. The van der Waals surface area contributed by atoms with Crippen molar-refractivity contribution in [3.8, 4) is 11.6 Å². The molecule has 0 aliphatic rings. The molecule has 0 amide bonds. The summed E-state index contributed by atoms with van der Waals surface area (Å²) in [7, 11) is 0. The number of aromatic nitrogens is 3. The molecule has 10 heavy (non-hydrogen) atoms. The van der Waals surface area contributed by atoms with Gasteiger partial charge >= 0.3 is 0 Å². The van der Waals surface area contributed by atoms with E-state index < -0.39 is 0 Å². The van der Waals surface area contributed by atoms with E-state index in [9.17, 15) is 0 Å². The SMILES string of the molecule is c1coc(-c2cnon2)n1. The van der Waals surface area contributed by atoms with Gasteiger partial charge in [-0.05, 0) is 5.16 Å². The van der Waals surface area contributed by atoms with E-state index >= 15 is 0 Å². The molecule has 0 bridgehead atoms. The number of nitrogens with zero attached hydrogens (tertiary/aromatic N) is 3. The van der Waals surface area contributed by atoms with Crippen molar-refractivity contribution in [2.24, 2.45) is 0 Å². The van der Waals surface area contributed by atoms with E-state index in [4.69, 9.17) is 4.42 Å². The molecule has 0 aliphatic carbocycles. The minimum Gasteiger partial charge on any atom is -0.443 e. The lowest BCUT2D eigenvalue weighted by Crippen LogP contribution is -1.73. The van der Waals surface area contributed by atoms with Crippen LogP contribution in [-0.4, -0.2) is 15.3 Å². The maximum Gasteiger partial charge on any atom is 0.250 e. The first-order chi connectivity index (χ1) is 4.97. The van der Waals surface area contributed by atoms with Crippen LogP contribution in [0, 0.1) is 0 Å². The minimum absolute atomic E-state index is 0.418. The quantitative estimate of drug-likeness (QED) is 0.579. The Morgan fingerprint density at radius 3 is 3.00 bits per heavy atom. The molecule has 2 heterocycles. The molecular weight excluding hydrogens is 134 g/mol. The van der Waals surface area contributed by atoms with Crippen LogP contribution in [0.25, 0.3) is 11.6 Å². The highest BCUT2D eigenvalue weighted by Crippen LogP contribution is 2.10. The second-order valence-electron chi connectivity index (χ2n) is 1.63. The Morgan fingerprint density at radius 1 is 1.40 bits per heavy atom. The van der Waals surface area contributed by atoms with Crippen molar-refractivity contribution in [1.82, 2.24) is 15.3 Å². The van der Waals surface area contributed by atoms with E-state index in [-0.39, 0.29) is 0 Å². The van der Waals surface area contributed by atoms with Crippen LogP contribution in [0.2, 0.25) is 0 Å². The van der Waals surface area contributed by atoms with Crippen molar-refractivity contribution in [2.45, 2.75) is 0 Å². The van der Waals surface area contributed by atoms with E-state index in [0.717, 1.165) is 0 Å². The van der Waals surface area contributed by atoms with Crippen LogP contribution in [0.3, 0.4) is 0 Å². The standard InChI is InChI=1S/C5H3N3O2/c1-2-9-5(6-1)4-3-7-10-8-4/h1-3H. The van der Waals surface area contributed by atoms with Gasteiger partial charge in [0.2, 0.25) is 5.89 Å². The Bertz CT molecular complexity index is 254. The summed E-state index contributed by atoms with van der Waals surface area (Å²) < 4.78 is 9.24. The summed E-state index contributed by atoms with van der Waals surface area (Å²) in [5, 5.41) is 6.91. The van der Waals surface area contributed by atoms with Gasteiger partial charge in [0, 0.05) is 0 Å². The Labute approximate surface area is 55.6 Å². The van der Waals surface area contributed by atoms with E-state index in [1.165, 1.54) is 18.7 Å². The first-order valence-electron chi connectivity index (χ1n) is 2.64. The summed E-state index contributed by atoms with van der Waals surface area (Å²) in [5.41, 5.74) is 0.505. The molecule has 2 aromatic heterocycles. The summed E-state index contributed by atoms with van der Waals surface area (Å²) in [6.45, 7) is 0. The van der Waals surface area contributed by atoms with Gasteiger partial charge in [0.1, 0.15) is 12.5 Å². The summed E-state index contributed by atoms with van der Waals surface area (Å²) in [5.74, 6) is 0.418. The summed E-state index contributed by atoms with van der Waals surface area (Å²) in [4.78, 5) is 3.83. The van der Waals surface area contributed by atoms with Crippen molar-refractivity contribution in [3.63, 3.8) is 0 Å². The molecule has 50 valence electrons. The van der Waals surface area contributed by atoms with Crippen LogP contribution in [0.1, 0.15) is 0 Å². The van der Waals surface area contributed by atoms with Gasteiger partial charge in [-0.15, -0.1) is 0 Å². The van der Waals surface area contributed by atoms with Gasteiger partial charge in [0.25, 0.3) is 0 Å². The van der Waals surface area contributed by atoms with Crippen LogP contribution < -0.4 is 0 Å². The Kier molecular flexibility index (Phi) is 1.00. The molecule has 0 spiro atoms. The molecular formula is C5H3N3O2. The topological polar surface area (TPSA) is 65.0 Å². The Morgan fingerprint density at radius 2 is 2.40 bits per heavy atom. The second-order valence-corrected chi connectivity index (χ2v) is 1.63. The zero-order chi connectivity index (χ0) is 6.81. The third-order valence-corrected chi connectivity index (χ3v) is 1.01. The van der Waals surface area contributed by atoms with Crippen molar-refractivity contribution >= 4 is 0 Å². The smallest absolute Gasteiger partial charge is 0.250 e. The van der Waals surface area contributed by atoms with Gasteiger partial charge in [0.05, 0.1) is 6.20 Å². The number of rotatable bonds is 1. The molecule has 5 nitrogen and oxygen atoms in total. The number of oxazole rings is 1. The minimum atomic E-state index is 0.418. The van der Waals surface area contributed by atoms with Crippen LogP contribution in [0.4, 0.5) is 0 Å². The normalized spacial score (nSPS) is 10.0. The highest BCUT2D eigenvalue weighted by molar-refractivity contribution is 5.42. The second kappa shape index (κ2) is 1.94. The summed E-state index contributed by atoms with van der Waals surface area (Å²) >= 11 is 0. The van der Waals surface area contributed by atoms with Crippen molar-refractivity contribution in [1.29, 1.82) is 0 Å². The molecule has 0 saturated carbocycles. The maximum atomic E-state index is 4.90. The number of hydrogen-bond acceptors (Lipinski definition) is 5. The highest BCUT2D eigenvalue weighted by atomic mass is 16.6. The van der Waals surface area contributed by atoms with Crippen molar-refractivity contribution in [2.75, 3.05) is 0 Å². The van der Waals surface area contributed by atoms with Gasteiger partial charge in [-0.25, -0.2) is 9.61 Å². The van der Waals surface area contributed by atoms with Crippen molar-refractivity contribution < 1.29 is 9.05 Å². The molecule has 0 radical (unpaired) electrons. The van der Waals surface area contributed by atoms with Gasteiger partial charge in [-0.2, -0.15) is 0 Å². The van der Waals surface area contributed by atoms with Gasteiger partial charge in [0.15, 0.2) is 5.69 Å². The van der Waals surface area contributed by atoms with E-state index in [2.05, 4.69) is 19.9 Å². The van der Waals surface area contributed by atoms with E-state index in [1.807, 2.05) is 0 Å². The van der Waals surface area contributed by atoms with Gasteiger partial charge in [-0.1, -0.05) is 5.16 Å². The molecule has 0 N–H and O–H groups in total. The molecule has 0 aromatic carbocycles. The fourth-order valence-electron chi connectivity index (χ4n) is 0.609. The third kappa shape index (κ3) is 0.680. The van der Waals surface area contributed by atoms with Crippen LogP contribution in [0.5, 0.6) is 0 Å². The Balaban J connectivity index is 2.48. The zero-order valence-corrected chi connectivity index (χ0v) is 4.89. The molecule has 0 saturated heterocycles. The summed E-state index contributed by atoms with van der Waals surface area (Å²) in [6.07, 6.45) is 4.43. The first-order valence-corrected chi connectivity index (χ1v) is 2.64. The predicted molar refractivity (Wildman–Crippen MR) is 29.8 cm³/mol. The summed E-state index contributed by atoms with van der Waals surface area (Å²) in [6, 6.07) is 0. The van der Waals surface area contributed by atoms with Crippen LogP contribution >= 0.6 is 0 Å². The maximum absolute atomic E-state index is 4.90. The fourth-order valence-corrected chi connectivity index (χ4v) is 0.609. The first kappa shape index (κ1) is 5.16. The lowest BCUT2D eigenvalue weighted by molar-refractivity contribution is 0.307. The third-order valence-electron chi connectivity index (χ3n) is 1.01. The molecule has 5 heteroatoms. The fraction of sp³-hybridized carbons (Fsp3) is 0. The predicted octanol–water partition coefficient (Wildman–Crippen LogP) is 0.725. The Hall–Kier alpha value is -1.65. The monoisotopic (exact) mass is 137 g/mol. The number of hydrogen-bond donors (Lipinski definition) is 0. The van der Waals surface area contributed by atoms with E-state index in [0.29, 0.717) is 11.6 Å². The largest absolute Gasteiger partial charge is 0.443 e. The molecule has 0 unspecified atom stereocenters. The molecule has 0 atom stereocenters. The molecule has 2 aromatic rings. The van der Waals surface area contributed by atoms with Gasteiger partial charge in [-0.3, -0.25) is 0 Å². The van der Waals surface area contributed by atoms with Crippen LogP contribution in [-0.2, 0) is 0 Å². The van der Waals surface area contributed by atoms with Crippen molar-refractivity contribution in [3.05, 3.63) is 18.7 Å². The molecule has 0 aliphatic heterocycles. The molecule has 2 rings (SSSR count). The average molecular weight is 137 g/mol. The molecule has 0 fully saturated rings. The lowest BCUT2D eigenvalue weighted by Gasteiger charge is -1.78. The van der Waals surface area contributed by atoms with Gasteiger partial charge < -0.3 is 4.42 Å². The average Bonchev–Trinajstić information content (AvgIpc) is 2.59. The highest BCUT2D eigenvalue weighted by Gasteiger charge is 2.04.